The zero-order valence-electron chi connectivity index (χ0n) is 13.8. The summed E-state index contributed by atoms with van der Waals surface area (Å²) in [6.45, 7) is 0.844. The van der Waals surface area contributed by atoms with Crippen LogP contribution in [0.1, 0.15) is 24.1 Å². The Balaban J connectivity index is 1.50. The van der Waals surface area contributed by atoms with Crippen molar-refractivity contribution in [2.45, 2.75) is 31.7 Å². The topological polar surface area (TPSA) is 66.8 Å². The lowest BCUT2D eigenvalue weighted by molar-refractivity contribution is -0.131. The molecule has 0 aromatic carbocycles. The Morgan fingerprint density at radius 1 is 1.38 bits per heavy atom. The molecule has 1 fully saturated rings. The van der Waals surface area contributed by atoms with E-state index in [1.165, 1.54) is 5.69 Å². The molecule has 1 aliphatic rings. The molecular weight excluding hydrogens is 302 g/mol. The number of nitrogens with one attached hydrogen (secondary N) is 1. The number of hydrogen-bond acceptors (Lipinski definition) is 3. The molecule has 1 atom stereocenters. The third-order valence-electron chi connectivity index (χ3n) is 4.92. The van der Waals surface area contributed by atoms with Crippen LogP contribution < -0.4 is 0 Å². The summed E-state index contributed by atoms with van der Waals surface area (Å²) in [7, 11) is 1.95. The van der Waals surface area contributed by atoms with Crippen LogP contribution in [0.15, 0.2) is 36.8 Å². The maximum atomic E-state index is 12.8. The van der Waals surface area contributed by atoms with Gasteiger partial charge in [-0.2, -0.15) is 5.10 Å². The van der Waals surface area contributed by atoms with Gasteiger partial charge in [0.25, 0.3) is 0 Å². The minimum atomic E-state index is 0.186. The van der Waals surface area contributed by atoms with Crippen LogP contribution in [0.2, 0.25) is 0 Å². The molecule has 6 nitrogen and oxygen atoms in total. The predicted octanol–water partition coefficient (Wildman–Crippen LogP) is 2.07. The molecule has 0 unspecified atom stereocenters. The molecule has 3 aromatic rings. The predicted molar refractivity (Wildman–Crippen MR) is 91.4 cm³/mol. The first kappa shape index (κ1) is 14.9. The second-order valence-electron chi connectivity index (χ2n) is 6.42. The molecule has 24 heavy (non-hydrogen) atoms. The van der Waals surface area contributed by atoms with Gasteiger partial charge in [0.1, 0.15) is 0 Å². The Labute approximate surface area is 140 Å². The highest BCUT2D eigenvalue weighted by atomic mass is 16.2. The molecule has 3 aromatic heterocycles. The van der Waals surface area contributed by atoms with E-state index in [4.69, 9.17) is 0 Å². The highest BCUT2D eigenvalue weighted by molar-refractivity contribution is 5.86. The first-order valence-corrected chi connectivity index (χ1v) is 8.39. The van der Waals surface area contributed by atoms with E-state index >= 15 is 0 Å². The van der Waals surface area contributed by atoms with Gasteiger partial charge >= 0.3 is 0 Å². The summed E-state index contributed by atoms with van der Waals surface area (Å²) >= 11 is 0. The maximum Gasteiger partial charge on any atom is 0.227 e. The molecule has 1 saturated heterocycles. The normalized spacial score (nSPS) is 17.7. The molecule has 0 radical (unpaired) electrons. The van der Waals surface area contributed by atoms with E-state index in [2.05, 4.69) is 15.1 Å². The number of aromatic nitrogens is 4. The summed E-state index contributed by atoms with van der Waals surface area (Å²) in [5.41, 5.74) is 4.02. The van der Waals surface area contributed by atoms with Crippen molar-refractivity contribution in [3.05, 3.63) is 48.0 Å². The molecule has 0 aliphatic carbocycles. The van der Waals surface area contributed by atoms with Crippen LogP contribution in [0.4, 0.5) is 0 Å². The number of hydrogen-bond donors (Lipinski definition) is 1. The lowest BCUT2D eigenvalue weighted by Crippen LogP contribution is -2.38. The molecular formula is C18H21N5O. The number of rotatable bonds is 4. The molecule has 6 heteroatoms. The zero-order chi connectivity index (χ0) is 16.5. The SMILES string of the molecule is Cn1nccc1C[C@@H]1CCCN1C(=O)Cc1c[nH]c2cccnc12. The fraction of sp³-hybridized carbons (Fsp3) is 0.389. The molecule has 0 saturated carbocycles. The Hall–Kier alpha value is -2.63. The van der Waals surface area contributed by atoms with Crippen molar-refractivity contribution in [1.82, 2.24) is 24.6 Å². The van der Waals surface area contributed by atoms with Crippen LogP contribution in [0, 0.1) is 0 Å². The maximum absolute atomic E-state index is 12.8. The average Bonchev–Trinajstić information content (AvgIpc) is 3.30. The monoisotopic (exact) mass is 323 g/mol. The number of carbonyl (C=O) groups excluding carboxylic acids is 1. The van der Waals surface area contributed by atoms with Gasteiger partial charge in [-0.15, -0.1) is 0 Å². The molecule has 4 heterocycles. The molecule has 1 aliphatic heterocycles. The summed E-state index contributed by atoms with van der Waals surface area (Å²) in [6.07, 6.45) is 8.89. The Kier molecular flexibility index (Phi) is 3.80. The van der Waals surface area contributed by atoms with E-state index in [0.717, 1.165) is 42.4 Å². The average molecular weight is 323 g/mol. The van der Waals surface area contributed by atoms with Gasteiger partial charge in [-0.1, -0.05) is 0 Å². The van der Waals surface area contributed by atoms with Crippen molar-refractivity contribution in [1.29, 1.82) is 0 Å². The third-order valence-corrected chi connectivity index (χ3v) is 4.92. The minimum absolute atomic E-state index is 0.186. The van der Waals surface area contributed by atoms with Gasteiger partial charge in [0.2, 0.25) is 5.91 Å². The Bertz CT molecular complexity index is 865. The second kappa shape index (κ2) is 6.11. The van der Waals surface area contributed by atoms with Crippen LogP contribution in [-0.4, -0.2) is 43.1 Å². The number of aryl methyl sites for hydroxylation is 1. The van der Waals surface area contributed by atoms with Crippen molar-refractivity contribution >= 4 is 16.9 Å². The molecule has 1 N–H and O–H groups in total. The fourth-order valence-electron chi connectivity index (χ4n) is 3.63. The van der Waals surface area contributed by atoms with Gasteiger partial charge < -0.3 is 9.88 Å². The first-order chi connectivity index (χ1) is 11.7. The molecule has 4 rings (SSSR count). The highest BCUT2D eigenvalue weighted by Gasteiger charge is 2.29. The first-order valence-electron chi connectivity index (χ1n) is 8.39. The van der Waals surface area contributed by atoms with Crippen molar-refractivity contribution in [2.75, 3.05) is 6.54 Å². The molecule has 0 spiro atoms. The third kappa shape index (κ3) is 2.68. The number of nitrogens with zero attached hydrogens (tertiary/aromatic N) is 4. The van der Waals surface area contributed by atoms with E-state index in [-0.39, 0.29) is 11.9 Å². The van der Waals surface area contributed by atoms with Gasteiger partial charge in [0, 0.05) is 55.9 Å². The van der Waals surface area contributed by atoms with Crippen molar-refractivity contribution in [2.24, 2.45) is 7.05 Å². The van der Waals surface area contributed by atoms with Crippen LogP contribution >= 0.6 is 0 Å². The Morgan fingerprint density at radius 2 is 2.29 bits per heavy atom. The van der Waals surface area contributed by atoms with Gasteiger partial charge in [-0.25, -0.2) is 0 Å². The van der Waals surface area contributed by atoms with Gasteiger partial charge in [0.05, 0.1) is 17.5 Å². The van der Waals surface area contributed by atoms with E-state index < -0.39 is 0 Å². The van der Waals surface area contributed by atoms with E-state index in [0.29, 0.717) is 6.42 Å². The van der Waals surface area contributed by atoms with Crippen LogP contribution in [-0.2, 0) is 24.7 Å². The minimum Gasteiger partial charge on any atom is -0.360 e. The second-order valence-corrected chi connectivity index (χ2v) is 6.42. The standard InChI is InChI=1S/C18H21N5O/c1-22-14(6-8-21-22)11-15-4-3-9-23(15)17(24)10-13-12-20-16-5-2-7-19-18(13)16/h2,5-8,12,15,20H,3-4,9-11H2,1H3/t15-/m0/s1. The lowest BCUT2D eigenvalue weighted by atomic mass is 10.1. The number of amides is 1. The van der Waals surface area contributed by atoms with Crippen molar-refractivity contribution < 1.29 is 4.79 Å². The zero-order valence-corrected chi connectivity index (χ0v) is 13.8. The number of likely N-dealkylation sites (tertiary alicyclic amines) is 1. The van der Waals surface area contributed by atoms with Crippen molar-refractivity contribution in [3.8, 4) is 0 Å². The van der Waals surface area contributed by atoms with Gasteiger partial charge in [-0.3, -0.25) is 14.5 Å². The number of pyridine rings is 1. The largest absolute Gasteiger partial charge is 0.360 e. The molecule has 124 valence electrons. The number of carbonyl (C=O) groups is 1. The van der Waals surface area contributed by atoms with E-state index in [9.17, 15) is 4.79 Å². The summed E-state index contributed by atoms with van der Waals surface area (Å²) < 4.78 is 1.89. The van der Waals surface area contributed by atoms with Crippen LogP contribution in [0.3, 0.4) is 0 Å². The van der Waals surface area contributed by atoms with Gasteiger partial charge in [0.15, 0.2) is 0 Å². The Morgan fingerprint density at radius 3 is 3.12 bits per heavy atom. The van der Waals surface area contributed by atoms with E-state index in [1.807, 2.05) is 47.2 Å². The number of aromatic amines is 1. The molecule has 0 bridgehead atoms. The summed E-state index contributed by atoms with van der Waals surface area (Å²) in [5, 5.41) is 4.22. The summed E-state index contributed by atoms with van der Waals surface area (Å²) in [5.74, 6) is 0.186. The lowest BCUT2D eigenvalue weighted by Gasteiger charge is -2.24. The van der Waals surface area contributed by atoms with E-state index in [1.54, 1.807) is 6.20 Å². The number of fused-ring (bicyclic) bond motifs is 1. The van der Waals surface area contributed by atoms with Crippen molar-refractivity contribution in [3.63, 3.8) is 0 Å². The smallest absolute Gasteiger partial charge is 0.227 e. The summed E-state index contributed by atoms with van der Waals surface area (Å²) in [6, 6.07) is 6.18. The van der Waals surface area contributed by atoms with Crippen LogP contribution in [0.25, 0.3) is 11.0 Å². The molecule has 1 amide bonds. The quantitative estimate of drug-likeness (QED) is 0.799. The summed E-state index contributed by atoms with van der Waals surface area (Å²) in [4.78, 5) is 22.5. The van der Waals surface area contributed by atoms with Crippen LogP contribution in [0.5, 0.6) is 0 Å². The number of H-pyrrole nitrogens is 1. The highest BCUT2D eigenvalue weighted by Crippen LogP contribution is 2.23. The van der Waals surface area contributed by atoms with Gasteiger partial charge in [-0.05, 0) is 31.0 Å². The fourth-order valence-corrected chi connectivity index (χ4v) is 3.63.